The maximum absolute atomic E-state index is 13.1. The molecule has 17 nitrogen and oxygen atoms in total. The van der Waals surface area contributed by atoms with Crippen molar-refractivity contribution in [2.24, 2.45) is 5.92 Å². The molecular weight excluding hydrogens is 1350 g/mol. The van der Waals surface area contributed by atoms with E-state index in [-0.39, 0.29) is 25.7 Å². The molecule has 0 saturated carbocycles. The van der Waals surface area contributed by atoms with Gasteiger partial charge in [-0.05, 0) is 31.6 Å². The van der Waals surface area contributed by atoms with E-state index in [1.807, 2.05) is 0 Å². The number of aliphatic hydroxyl groups is 1. The van der Waals surface area contributed by atoms with Crippen LogP contribution in [0.1, 0.15) is 458 Å². The minimum absolute atomic E-state index is 0.109. The quantitative estimate of drug-likeness (QED) is 0.0222. The first-order valence-corrected chi connectivity index (χ1v) is 47.1. The van der Waals surface area contributed by atoms with Crippen molar-refractivity contribution in [3.8, 4) is 0 Å². The number of aliphatic hydroxyl groups excluding tert-OH is 1. The highest BCUT2D eigenvalue weighted by Gasteiger charge is 2.30. The van der Waals surface area contributed by atoms with Crippen molar-refractivity contribution >= 4 is 39.5 Å². The maximum Gasteiger partial charge on any atom is 0.472 e. The summed E-state index contributed by atoms with van der Waals surface area (Å²) < 4.78 is 68.8. The van der Waals surface area contributed by atoms with Gasteiger partial charge in [0.2, 0.25) is 0 Å². The van der Waals surface area contributed by atoms with Crippen LogP contribution in [0, 0.1) is 5.92 Å². The second-order valence-corrected chi connectivity index (χ2v) is 34.0. The van der Waals surface area contributed by atoms with Gasteiger partial charge in [-0.1, -0.05) is 407 Å². The first-order valence-electron chi connectivity index (χ1n) is 44.1. The highest BCUT2D eigenvalue weighted by atomic mass is 31.2. The van der Waals surface area contributed by atoms with Crippen molar-refractivity contribution in [1.82, 2.24) is 0 Å². The number of unbranched alkanes of at least 4 members (excludes halogenated alkanes) is 57. The van der Waals surface area contributed by atoms with Gasteiger partial charge in [-0.2, -0.15) is 0 Å². The number of ether oxygens (including phenoxy) is 4. The summed E-state index contributed by atoms with van der Waals surface area (Å²) in [6, 6.07) is 0. The molecular formula is C85H166O17P2. The van der Waals surface area contributed by atoms with Crippen LogP contribution < -0.4 is 0 Å². The summed E-state index contributed by atoms with van der Waals surface area (Å²) in [6.07, 6.45) is 70.9. The summed E-state index contributed by atoms with van der Waals surface area (Å²) in [7, 11) is -9.92. The number of carbonyl (C=O) groups is 4. The molecule has 104 heavy (non-hydrogen) atoms. The third-order valence-electron chi connectivity index (χ3n) is 20.0. The monoisotopic (exact) mass is 1520 g/mol. The highest BCUT2D eigenvalue weighted by Crippen LogP contribution is 2.45. The molecule has 0 aromatic rings. The van der Waals surface area contributed by atoms with Crippen molar-refractivity contribution in [3.63, 3.8) is 0 Å². The van der Waals surface area contributed by atoms with Crippen LogP contribution >= 0.6 is 15.6 Å². The van der Waals surface area contributed by atoms with Gasteiger partial charge < -0.3 is 33.8 Å². The Morgan fingerprint density at radius 2 is 0.442 bits per heavy atom. The molecule has 0 aromatic heterocycles. The minimum Gasteiger partial charge on any atom is -0.462 e. The van der Waals surface area contributed by atoms with Crippen LogP contribution in [-0.2, 0) is 65.4 Å². The van der Waals surface area contributed by atoms with Crippen LogP contribution in [0.5, 0.6) is 0 Å². The fourth-order valence-electron chi connectivity index (χ4n) is 13.3. The van der Waals surface area contributed by atoms with Gasteiger partial charge in [0, 0.05) is 25.7 Å². The van der Waals surface area contributed by atoms with Gasteiger partial charge in [-0.25, -0.2) is 9.13 Å². The van der Waals surface area contributed by atoms with Crippen LogP contribution in [0.15, 0.2) is 0 Å². The van der Waals surface area contributed by atoms with Crippen LogP contribution in [0.2, 0.25) is 0 Å². The average Bonchev–Trinajstić information content (AvgIpc) is 0.928. The Bertz CT molecular complexity index is 1980. The molecule has 618 valence electrons. The van der Waals surface area contributed by atoms with E-state index in [0.29, 0.717) is 25.7 Å². The number of carbonyl (C=O) groups excluding carboxylic acids is 4. The third-order valence-corrected chi connectivity index (χ3v) is 21.9. The highest BCUT2D eigenvalue weighted by molar-refractivity contribution is 7.47. The van der Waals surface area contributed by atoms with E-state index >= 15 is 0 Å². The van der Waals surface area contributed by atoms with E-state index in [9.17, 15) is 43.2 Å². The lowest BCUT2D eigenvalue weighted by Gasteiger charge is -2.21. The molecule has 0 aliphatic carbocycles. The Kier molecular flexibility index (Phi) is 76.3. The Morgan fingerprint density at radius 1 is 0.260 bits per heavy atom. The molecule has 0 fully saturated rings. The summed E-state index contributed by atoms with van der Waals surface area (Å²) in [5, 5.41) is 10.7. The third kappa shape index (κ3) is 78.2. The summed E-state index contributed by atoms with van der Waals surface area (Å²) in [5.41, 5.74) is 0. The van der Waals surface area contributed by atoms with Gasteiger partial charge in [0.15, 0.2) is 12.2 Å². The molecule has 19 heteroatoms. The largest absolute Gasteiger partial charge is 0.472 e. The Hall–Kier alpha value is -1.94. The van der Waals surface area contributed by atoms with Crippen molar-refractivity contribution in [3.05, 3.63) is 0 Å². The zero-order valence-corrected chi connectivity index (χ0v) is 70.0. The first kappa shape index (κ1) is 102. The van der Waals surface area contributed by atoms with Gasteiger partial charge in [0.1, 0.15) is 19.3 Å². The lowest BCUT2D eigenvalue weighted by Crippen LogP contribution is -2.30. The molecule has 0 saturated heterocycles. The van der Waals surface area contributed by atoms with E-state index in [4.69, 9.17) is 37.0 Å². The molecule has 3 N–H and O–H groups in total. The SMILES string of the molecule is CCCCCCCCCCCCCCCCCCCCCC(=O)OC[C@H](COP(=O)(O)OC[C@@H](O)COP(=O)(O)OC[C@@H](COC(=O)CCCCCCCCCCC)OC(=O)CCCCCCCCCCCCCCCCC)OC(=O)CCCCCCCCCCCCCCCCCCCCC(C)C. The summed E-state index contributed by atoms with van der Waals surface area (Å²) in [5.74, 6) is -1.28. The van der Waals surface area contributed by atoms with Crippen LogP contribution in [0.4, 0.5) is 0 Å². The zero-order chi connectivity index (χ0) is 76.2. The van der Waals surface area contributed by atoms with Crippen LogP contribution in [0.25, 0.3) is 0 Å². The molecule has 0 bridgehead atoms. The average molecular weight is 1520 g/mol. The van der Waals surface area contributed by atoms with Gasteiger partial charge in [0.25, 0.3) is 0 Å². The lowest BCUT2D eigenvalue weighted by atomic mass is 10.0. The normalized spacial score (nSPS) is 13.8. The summed E-state index contributed by atoms with van der Waals surface area (Å²) >= 11 is 0. The predicted molar refractivity (Wildman–Crippen MR) is 428 cm³/mol. The number of hydrogen-bond donors (Lipinski definition) is 3. The lowest BCUT2D eigenvalue weighted by molar-refractivity contribution is -0.161. The van der Waals surface area contributed by atoms with Gasteiger partial charge in [-0.15, -0.1) is 0 Å². The van der Waals surface area contributed by atoms with Gasteiger partial charge in [-0.3, -0.25) is 37.3 Å². The van der Waals surface area contributed by atoms with Crippen LogP contribution in [-0.4, -0.2) is 96.7 Å². The van der Waals surface area contributed by atoms with E-state index in [0.717, 1.165) is 95.8 Å². The molecule has 0 rings (SSSR count). The Morgan fingerprint density at radius 3 is 0.654 bits per heavy atom. The fourth-order valence-corrected chi connectivity index (χ4v) is 14.9. The molecule has 0 aromatic carbocycles. The second kappa shape index (κ2) is 77.8. The molecule has 0 aliphatic rings. The predicted octanol–water partition coefficient (Wildman–Crippen LogP) is 26.0. The zero-order valence-electron chi connectivity index (χ0n) is 68.2. The van der Waals surface area contributed by atoms with Gasteiger partial charge in [0.05, 0.1) is 26.4 Å². The molecule has 5 atom stereocenters. The number of phosphoric ester groups is 2. The topological polar surface area (TPSA) is 237 Å². The fraction of sp³-hybridized carbons (Fsp3) is 0.953. The van der Waals surface area contributed by atoms with Crippen molar-refractivity contribution in [2.75, 3.05) is 39.6 Å². The Balaban J connectivity index is 5.20. The number of esters is 4. The summed E-state index contributed by atoms with van der Waals surface area (Å²) in [4.78, 5) is 73.1. The number of hydrogen-bond acceptors (Lipinski definition) is 15. The van der Waals surface area contributed by atoms with Crippen LogP contribution in [0.3, 0.4) is 0 Å². The minimum atomic E-state index is -4.96. The second-order valence-electron chi connectivity index (χ2n) is 31.1. The number of phosphoric acid groups is 2. The van der Waals surface area contributed by atoms with Gasteiger partial charge >= 0.3 is 39.5 Å². The Labute approximate surface area is 638 Å². The van der Waals surface area contributed by atoms with Crippen molar-refractivity contribution in [2.45, 2.75) is 477 Å². The van der Waals surface area contributed by atoms with E-state index < -0.39 is 97.5 Å². The first-order chi connectivity index (χ1) is 50.5. The van der Waals surface area contributed by atoms with E-state index in [1.54, 1.807) is 0 Å². The molecule has 0 heterocycles. The molecule has 0 amide bonds. The summed E-state index contributed by atoms with van der Waals surface area (Å²) in [6.45, 7) is 7.38. The smallest absolute Gasteiger partial charge is 0.462 e. The van der Waals surface area contributed by atoms with E-state index in [2.05, 4.69) is 34.6 Å². The van der Waals surface area contributed by atoms with E-state index in [1.165, 1.54) is 283 Å². The molecule has 2 unspecified atom stereocenters. The van der Waals surface area contributed by atoms with Crippen molar-refractivity contribution in [1.29, 1.82) is 0 Å². The maximum atomic E-state index is 13.1. The van der Waals surface area contributed by atoms with Crippen molar-refractivity contribution < 1.29 is 80.2 Å². The standard InChI is InChI=1S/C85H166O17P2/c1-6-9-12-15-18-21-23-25-27-28-29-33-37-40-44-49-54-59-64-69-83(88)96-75-81(102-85(90)71-66-61-56-51-46-42-38-34-31-30-32-36-39-43-48-52-57-62-67-78(4)5)77-100-104(93,94)98-73-79(86)72-97-103(91,92)99-76-80(74-95-82(87)68-63-58-53-47-20-17-14-11-8-3)101-84(89)70-65-60-55-50-45-41-35-26-24-22-19-16-13-10-7-2/h78-81,86H,6-77H2,1-5H3,(H,91,92)(H,93,94)/t79-,80+,81+/m0/s1. The number of rotatable bonds is 85. The molecule has 0 radical (unpaired) electrons. The molecule has 0 spiro atoms. The molecule has 0 aliphatic heterocycles.